The number of esters is 1. The lowest BCUT2D eigenvalue weighted by Crippen LogP contribution is -2.16. The van der Waals surface area contributed by atoms with Crippen molar-refractivity contribution in [1.29, 1.82) is 10.5 Å². The second-order valence-electron chi connectivity index (χ2n) is 5.03. The fourth-order valence-electron chi connectivity index (χ4n) is 2.35. The molecule has 0 heterocycles. The first-order chi connectivity index (χ1) is 11.7. The second-order valence-corrected chi connectivity index (χ2v) is 5.03. The van der Waals surface area contributed by atoms with Crippen LogP contribution in [0.1, 0.15) is 29.5 Å². The number of nitriles is 2. The molecule has 1 unspecified atom stereocenters. The molecule has 24 heavy (non-hydrogen) atoms. The van der Waals surface area contributed by atoms with E-state index in [-0.39, 0.29) is 12.2 Å². The number of nitrogens with one attached hydrogen (secondary N) is 1. The Hall–Kier alpha value is -3.31. The molecule has 0 amide bonds. The van der Waals surface area contributed by atoms with Gasteiger partial charge in [0, 0.05) is 12.1 Å². The van der Waals surface area contributed by atoms with Gasteiger partial charge in [0.25, 0.3) is 0 Å². The van der Waals surface area contributed by atoms with Gasteiger partial charge in [-0.3, -0.25) is 4.79 Å². The predicted molar refractivity (Wildman–Crippen MR) is 89.9 cm³/mol. The minimum atomic E-state index is -1.11. The van der Waals surface area contributed by atoms with Gasteiger partial charge in [-0.15, -0.1) is 0 Å². The third-order valence-corrected chi connectivity index (χ3v) is 3.50. The minimum Gasteiger partial charge on any atom is -0.465 e. The summed E-state index contributed by atoms with van der Waals surface area (Å²) in [5.41, 5.74) is 2.29. The molecule has 0 bridgehead atoms. The maximum absolute atomic E-state index is 12.0. The molecule has 0 aliphatic rings. The van der Waals surface area contributed by atoms with Crippen molar-refractivity contribution in [2.45, 2.75) is 19.4 Å². The Balaban J connectivity index is 2.30. The molecule has 1 atom stereocenters. The average Bonchev–Trinajstić information content (AvgIpc) is 2.62. The first-order valence-electron chi connectivity index (χ1n) is 7.58. The third-order valence-electron chi connectivity index (χ3n) is 3.50. The number of hydrogen-bond acceptors (Lipinski definition) is 5. The van der Waals surface area contributed by atoms with E-state index in [9.17, 15) is 15.3 Å². The summed E-state index contributed by atoms with van der Waals surface area (Å²) < 4.78 is 4.93. The number of carbonyl (C=O) groups is 1. The maximum atomic E-state index is 12.0. The van der Waals surface area contributed by atoms with E-state index < -0.39 is 11.9 Å². The molecule has 0 saturated heterocycles. The summed E-state index contributed by atoms with van der Waals surface area (Å²) in [6.45, 7) is 2.40. The van der Waals surface area contributed by atoms with Crippen LogP contribution in [0.15, 0.2) is 48.5 Å². The summed E-state index contributed by atoms with van der Waals surface area (Å²) >= 11 is 0. The Bertz CT molecular complexity index is 788. The highest BCUT2D eigenvalue weighted by atomic mass is 16.5. The van der Waals surface area contributed by atoms with E-state index in [1.165, 1.54) is 0 Å². The quantitative estimate of drug-likeness (QED) is 0.825. The van der Waals surface area contributed by atoms with Gasteiger partial charge in [-0.25, -0.2) is 0 Å². The summed E-state index contributed by atoms with van der Waals surface area (Å²) in [4.78, 5) is 12.0. The monoisotopic (exact) mass is 319 g/mol. The van der Waals surface area contributed by atoms with Crippen molar-refractivity contribution in [2.24, 2.45) is 0 Å². The molecule has 120 valence electrons. The van der Waals surface area contributed by atoms with E-state index >= 15 is 0 Å². The molecule has 0 saturated carbocycles. The van der Waals surface area contributed by atoms with Gasteiger partial charge in [0.15, 0.2) is 5.92 Å². The van der Waals surface area contributed by atoms with Gasteiger partial charge < -0.3 is 10.1 Å². The van der Waals surface area contributed by atoms with E-state index in [2.05, 4.69) is 11.4 Å². The number of carbonyl (C=O) groups excluding carboxylic acids is 1. The Morgan fingerprint density at radius 3 is 2.54 bits per heavy atom. The van der Waals surface area contributed by atoms with Gasteiger partial charge in [0.2, 0.25) is 0 Å². The largest absolute Gasteiger partial charge is 0.465 e. The van der Waals surface area contributed by atoms with E-state index in [0.29, 0.717) is 17.8 Å². The van der Waals surface area contributed by atoms with E-state index in [0.717, 1.165) is 5.56 Å². The van der Waals surface area contributed by atoms with Crippen LogP contribution in [0.2, 0.25) is 0 Å². The van der Waals surface area contributed by atoms with Crippen molar-refractivity contribution in [3.8, 4) is 12.1 Å². The zero-order chi connectivity index (χ0) is 17.4. The van der Waals surface area contributed by atoms with Crippen LogP contribution in [0.3, 0.4) is 0 Å². The smallest absolute Gasteiger partial charge is 0.327 e. The van der Waals surface area contributed by atoms with Crippen molar-refractivity contribution in [3.63, 3.8) is 0 Å². The van der Waals surface area contributed by atoms with Crippen molar-refractivity contribution < 1.29 is 9.53 Å². The highest BCUT2D eigenvalue weighted by Crippen LogP contribution is 2.27. The molecule has 0 aliphatic carbocycles. The van der Waals surface area contributed by atoms with Gasteiger partial charge >= 0.3 is 5.97 Å². The van der Waals surface area contributed by atoms with Crippen LogP contribution in [-0.4, -0.2) is 12.6 Å². The molecule has 0 radical (unpaired) electrons. The van der Waals surface area contributed by atoms with Crippen LogP contribution in [0.4, 0.5) is 5.69 Å². The SMILES string of the molecule is CCOC(=O)C(C#N)c1cccc(NCc2ccccc2)c1C#N. The van der Waals surface area contributed by atoms with Crippen LogP contribution in [0, 0.1) is 22.7 Å². The number of rotatable bonds is 6. The van der Waals surface area contributed by atoms with E-state index in [1.807, 2.05) is 36.4 Å². The molecular formula is C19H17N3O2. The average molecular weight is 319 g/mol. The van der Waals surface area contributed by atoms with Gasteiger partial charge in [0.05, 0.1) is 23.9 Å². The van der Waals surface area contributed by atoms with E-state index in [4.69, 9.17) is 4.74 Å². The molecule has 0 spiro atoms. The Kier molecular flexibility index (Phi) is 5.94. The fraction of sp³-hybridized carbons (Fsp3) is 0.211. The molecule has 5 nitrogen and oxygen atoms in total. The van der Waals surface area contributed by atoms with Crippen molar-refractivity contribution in [3.05, 3.63) is 65.2 Å². The summed E-state index contributed by atoms with van der Waals surface area (Å²) in [6.07, 6.45) is 0. The second kappa shape index (κ2) is 8.36. The first kappa shape index (κ1) is 17.1. The Labute approximate surface area is 141 Å². The third kappa shape index (κ3) is 3.91. The van der Waals surface area contributed by atoms with Crippen LogP contribution in [-0.2, 0) is 16.1 Å². The molecule has 0 aliphatic heterocycles. The summed E-state index contributed by atoms with van der Waals surface area (Å²) in [5.74, 6) is -1.75. The van der Waals surface area contributed by atoms with Gasteiger partial charge in [-0.05, 0) is 18.6 Å². The Morgan fingerprint density at radius 2 is 1.92 bits per heavy atom. The summed E-state index contributed by atoms with van der Waals surface area (Å²) in [7, 11) is 0. The maximum Gasteiger partial charge on any atom is 0.327 e. The summed E-state index contributed by atoms with van der Waals surface area (Å²) in [5, 5.41) is 22.0. The lowest BCUT2D eigenvalue weighted by atomic mass is 9.94. The number of anilines is 1. The zero-order valence-electron chi connectivity index (χ0n) is 13.3. The number of benzene rings is 2. The molecule has 2 aromatic carbocycles. The molecule has 5 heteroatoms. The van der Waals surface area contributed by atoms with E-state index in [1.54, 1.807) is 25.1 Å². The lowest BCUT2D eigenvalue weighted by molar-refractivity contribution is -0.143. The normalized spacial score (nSPS) is 11.0. The molecule has 0 fully saturated rings. The standard InChI is InChI=1S/C19H17N3O2/c1-2-24-19(23)17(12-21)15-9-6-10-18(16(15)11-20)22-13-14-7-4-3-5-8-14/h3-10,17,22H,2,13H2,1H3. The van der Waals surface area contributed by atoms with Crippen LogP contribution >= 0.6 is 0 Å². The molecule has 0 aromatic heterocycles. The van der Waals surface area contributed by atoms with Gasteiger partial charge in [-0.1, -0.05) is 42.5 Å². The molecule has 1 N–H and O–H groups in total. The molecule has 2 rings (SSSR count). The predicted octanol–water partition coefficient (Wildman–Crippen LogP) is 3.34. The highest BCUT2D eigenvalue weighted by molar-refractivity contribution is 5.83. The Morgan fingerprint density at radius 1 is 1.17 bits per heavy atom. The fourth-order valence-corrected chi connectivity index (χ4v) is 2.35. The topological polar surface area (TPSA) is 85.9 Å². The number of ether oxygens (including phenoxy) is 1. The van der Waals surface area contributed by atoms with Crippen molar-refractivity contribution >= 4 is 11.7 Å². The zero-order valence-corrected chi connectivity index (χ0v) is 13.3. The van der Waals surface area contributed by atoms with Crippen LogP contribution in [0.5, 0.6) is 0 Å². The van der Waals surface area contributed by atoms with Crippen LogP contribution in [0.25, 0.3) is 0 Å². The highest BCUT2D eigenvalue weighted by Gasteiger charge is 2.25. The molecule has 2 aromatic rings. The van der Waals surface area contributed by atoms with Crippen molar-refractivity contribution in [1.82, 2.24) is 0 Å². The van der Waals surface area contributed by atoms with Gasteiger partial charge in [0.1, 0.15) is 6.07 Å². The van der Waals surface area contributed by atoms with Crippen molar-refractivity contribution in [2.75, 3.05) is 11.9 Å². The summed E-state index contributed by atoms with van der Waals surface area (Å²) in [6, 6.07) is 18.8. The lowest BCUT2D eigenvalue weighted by Gasteiger charge is -2.14. The van der Waals surface area contributed by atoms with Gasteiger partial charge in [-0.2, -0.15) is 10.5 Å². The minimum absolute atomic E-state index is 0.185. The first-order valence-corrected chi connectivity index (χ1v) is 7.58. The molecular weight excluding hydrogens is 302 g/mol. The number of nitrogens with zero attached hydrogens (tertiary/aromatic N) is 2. The number of hydrogen-bond donors (Lipinski definition) is 1. The van der Waals surface area contributed by atoms with Crippen LogP contribution < -0.4 is 5.32 Å².